The molecule has 7 nitrogen and oxygen atoms in total. The molecule has 0 fully saturated rings. The zero-order chi connectivity index (χ0) is 15.9. The molecule has 0 aliphatic heterocycles. The highest BCUT2D eigenvalue weighted by Gasteiger charge is 2.12. The molecule has 0 aliphatic rings. The van der Waals surface area contributed by atoms with Gasteiger partial charge in [-0.15, -0.1) is 0 Å². The van der Waals surface area contributed by atoms with Gasteiger partial charge in [-0.2, -0.15) is 9.97 Å². The molecule has 0 spiro atoms. The van der Waals surface area contributed by atoms with Gasteiger partial charge in [0.05, 0.1) is 11.1 Å². The van der Waals surface area contributed by atoms with Crippen LogP contribution in [0, 0.1) is 27.7 Å². The van der Waals surface area contributed by atoms with E-state index in [2.05, 4.69) is 25.4 Å². The van der Waals surface area contributed by atoms with Crippen molar-refractivity contribution in [1.82, 2.24) is 20.1 Å². The molecule has 0 atom stereocenters. The second-order valence-corrected chi connectivity index (χ2v) is 5.37. The van der Waals surface area contributed by atoms with E-state index in [4.69, 9.17) is 10.3 Å². The van der Waals surface area contributed by atoms with E-state index >= 15 is 0 Å². The molecule has 3 aromatic heterocycles. The maximum absolute atomic E-state index is 6.05. The Balaban J connectivity index is 1.95. The fraction of sp³-hybridized carbons (Fsp3) is 0.333. The number of anilines is 2. The summed E-state index contributed by atoms with van der Waals surface area (Å²) in [6, 6.07) is 1.97. The van der Waals surface area contributed by atoms with Crippen molar-refractivity contribution in [2.45, 2.75) is 34.2 Å². The Kier molecular flexibility index (Phi) is 3.40. The quantitative estimate of drug-likeness (QED) is 0.765. The van der Waals surface area contributed by atoms with Crippen molar-refractivity contribution in [3.8, 4) is 0 Å². The molecule has 7 heteroatoms. The normalized spacial score (nSPS) is 11.1. The van der Waals surface area contributed by atoms with Crippen LogP contribution in [0.5, 0.6) is 0 Å². The lowest BCUT2D eigenvalue weighted by atomic mass is 10.1. The van der Waals surface area contributed by atoms with Gasteiger partial charge in [-0.05, 0) is 39.3 Å². The van der Waals surface area contributed by atoms with E-state index < -0.39 is 0 Å². The molecular weight excluding hydrogens is 280 g/mol. The van der Waals surface area contributed by atoms with Crippen LogP contribution in [0.15, 0.2) is 10.6 Å². The molecule has 0 saturated carbocycles. The molecule has 0 radical (unpaired) electrons. The maximum Gasteiger partial charge on any atom is 0.226 e. The van der Waals surface area contributed by atoms with E-state index in [1.807, 2.05) is 33.8 Å². The van der Waals surface area contributed by atoms with E-state index in [9.17, 15) is 0 Å². The van der Waals surface area contributed by atoms with E-state index in [0.717, 1.165) is 33.7 Å². The first kappa shape index (κ1) is 14.2. The zero-order valence-corrected chi connectivity index (χ0v) is 13.1. The standard InChI is InChI=1S/C15H18N6O/c1-7-5-8(2)18-14-12(7)13(16)19-15(20-14)17-6-11-9(3)21-22-10(11)4/h5H,6H2,1-4H3,(H3,16,17,18,19,20). The summed E-state index contributed by atoms with van der Waals surface area (Å²) in [5, 5.41) is 7.88. The van der Waals surface area contributed by atoms with E-state index in [1.165, 1.54) is 0 Å². The fourth-order valence-electron chi connectivity index (χ4n) is 2.51. The van der Waals surface area contributed by atoms with Gasteiger partial charge in [-0.3, -0.25) is 0 Å². The molecule has 0 amide bonds. The van der Waals surface area contributed by atoms with Crippen LogP contribution in [-0.2, 0) is 6.54 Å². The second kappa shape index (κ2) is 5.25. The third-order valence-electron chi connectivity index (χ3n) is 3.62. The van der Waals surface area contributed by atoms with Gasteiger partial charge in [0.25, 0.3) is 0 Å². The average molecular weight is 298 g/mol. The predicted octanol–water partition coefficient (Wildman–Crippen LogP) is 2.44. The van der Waals surface area contributed by atoms with Crippen molar-refractivity contribution < 1.29 is 4.52 Å². The third-order valence-corrected chi connectivity index (χ3v) is 3.62. The van der Waals surface area contributed by atoms with Crippen LogP contribution in [0.4, 0.5) is 11.8 Å². The number of nitrogens with two attached hydrogens (primary N) is 1. The first-order valence-electron chi connectivity index (χ1n) is 7.03. The summed E-state index contributed by atoms with van der Waals surface area (Å²) >= 11 is 0. The van der Waals surface area contributed by atoms with Gasteiger partial charge < -0.3 is 15.6 Å². The van der Waals surface area contributed by atoms with Gasteiger partial charge in [-0.25, -0.2) is 4.98 Å². The monoisotopic (exact) mass is 298 g/mol. The van der Waals surface area contributed by atoms with Gasteiger partial charge in [0.15, 0.2) is 5.65 Å². The topological polar surface area (TPSA) is 103 Å². The highest BCUT2D eigenvalue weighted by molar-refractivity contribution is 5.89. The highest BCUT2D eigenvalue weighted by atomic mass is 16.5. The zero-order valence-electron chi connectivity index (χ0n) is 13.1. The third kappa shape index (κ3) is 2.45. The van der Waals surface area contributed by atoms with E-state index in [-0.39, 0.29) is 0 Å². The molecule has 3 N–H and O–H groups in total. The number of fused-ring (bicyclic) bond motifs is 1. The van der Waals surface area contributed by atoms with Crippen molar-refractivity contribution in [2.24, 2.45) is 0 Å². The Hall–Kier alpha value is -2.70. The summed E-state index contributed by atoms with van der Waals surface area (Å²) in [4.78, 5) is 13.2. The van der Waals surface area contributed by atoms with Gasteiger partial charge >= 0.3 is 0 Å². The van der Waals surface area contributed by atoms with Gasteiger partial charge in [-0.1, -0.05) is 5.16 Å². The Bertz CT molecular complexity index is 835. The first-order valence-corrected chi connectivity index (χ1v) is 7.03. The smallest absolute Gasteiger partial charge is 0.226 e. The van der Waals surface area contributed by atoms with E-state index in [0.29, 0.717) is 24.0 Å². The number of hydrogen-bond acceptors (Lipinski definition) is 7. The predicted molar refractivity (Wildman–Crippen MR) is 84.5 cm³/mol. The lowest BCUT2D eigenvalue weighted by molar-refractivity contribution is 0.392. The van der Waals surface area contributed by atoms with Crippen molar-refractivity contribution in [3.05, 3.63) is 34.3 Å². The number of aromatic nitrogens is 4. The minimum Gasteiger partial charge on any atom is -0.383 e. The van der Waals surface area contributed by atoms with Crippen LogP contribution in [-0.4, -0.2) is 20.1 Å². The van der Waals surface area contributed by atoms with Crippen molar-refractivity contribution >= 4 is 22.8 Å². The molecule has 0 aliphatic carbocycles. The molecule has 3 heterocycles. The van der Waals surface area contributed by atoms with Crippen molar-refractivity contribution in [3.63, 3.8) is 0 Å². The molecular formula is C15H18N6O. The van der Waals surface area contributed by atoms with E-state index in [1.54, 1.807) is 0 Å². The van der Waals surface area contributed by atoms with Crippen LogP contribution in [0.2, 0.25) is 0 Å². The number of rotatable bonds is 3. The average Bonchev–Trinajstić information content (AvgIpc) is 2.74. The van der Waals surface area contributed by atoms with Crippen LogP contribution in [0.1, 0.15) is 28.3 Å². The molecule has 0 unspecified atom stereocenters. The number of nitrogens with one attached hydrogen (secondary N) is 1. The number of nitrogen functional groups attached to an aromatic ring is 1. The molecule has 22 heavy (non-hydrogen) atoms. The SMILES string of the molecule is Cc1cc(C)c2c(N)nc(NCc3c(C)noc3C)nc2n1. The minimum absolute atomic E-state index is 0.427. The first-order chi connectivity index (χ1) is 10.5. The fourth-order valence-corrected chi connectivity index (χ4v) is 2.51. The van der Waals surface area contributed by atoms with Gasteiger partial charge in [0.1, 0.15) is 11.6 Å². The van der Waals surface area contributed by atoms with Crippen LogP contribution in [0.25, 0.3) is 11.0 Å². The second-order valence-electron chi connectivity index (χ2n) is 5.37. The molecule has 0 aromatic carbocycles. The van der Waals surface area contributed by atoms with Crippen LogP contribution >= 0.6 is 0 Å². The van der Waals surface area contributed by atoms with Gasteiger partial charge in [0, 0.05) is 17.8 Å². The summed E-state index contributed by atoms with van der Waals surface area (Å²) in [5.41, 5.74) is 10.4. The molecule has 114 valence electrons. The van der Waals surface area contributed by atoms with Crippen LogP contribution in [0.3, 0.4) is 0 Å². The Labute approximate surface area is 128 Å². The summed E-state index contributed by atoms with van der Waals surface area (Å²) in [5.74, 6) is 1.65. The Morgan fingerprint density at radius 2 is 1.91 bits per heavy atom. The van der Waals surface area contributed by atoms with Crippen molar-refractivity contribution in [2.75, 3.05) is 11.1 Å². The highest BCUT2D eigenvalue weighted by Crippen LogP contribution is 2.23. The molecule has 0 saturated heterocycles. The lowest BCUT2D eigenvalue weighted by Crippen LogP contribution is -2.08. The number of hydrogen-bond donors (Lipinski definition) is 2. The maximum atomic E-state index is 6.05. The molecule has 3 rings (SSSR count). The number of pyridine rings is 1. The summed E-state index contributed by atoms with van der Waals surface area (Å²) < 4.78 is 5.14. The van der Waals surface area contributed by atoms with Crippen molar-refractivity contribution in [1.29, 1.82) is 0 Å². The largest absolute Gasteiger partial charge is 0.383 e. The summed E-state index contributed by atoms with van der Waals surface area (Å²) in [6.07, 6.45) is 0. The van der Waals surface area contributed by atoms with Gasteiger partial charge in [0.2, 0.25) is 5.95 Å². The molecule has 3 aromatic rings. The Morgan fingerprint density at radius 3 is 2.59 bits per heavy atom. The summed E-state index contributed by atoms with van der Waals surface area (Å²) in [6.45, 7) is 8.21. The van der Waals surface area contributed by atoms with Crippen LogP contribution < -0.4 is 11.1 Å². The molecule has 0 bridgehead atoms. The number of nitrogens with zero attached hydrogens (tertiary/aromatic N) is 4. The minimum atomic E-state index is 0.427. The Morgan fingerprint density at radius 1 is 1.14 bits per heavy atom. The lowest BCUT2D eigenvalue weighted by Gasteiger charge is -2.09. The number of aryl methyl sites for hydroxylation is 4. The summed E-state index contributed by atoms with van der Waals surface area (Å²) in [7, 11) is 0.